The Balaban J connectivity index is 1.82. The van der Waals surface area contributed by atoms with Gasteiger partial charge in [-0.05, 0) is 24.2 Å². The average Bonchev–Trinajstić information content (AvgIpc) is 2.92. The standard InChI is InChI=1S/C10H14N2S/c11-9-7-12-5-3-10(9)13-6-4-8-1-2-8/h3,5,7-8H,1-2,4,6,11H2. The predicted octanol–water partition coefficient (Wildman–Crippen LogP) is 2.56. The number of hydrogen-bond donors (Lipinski definition) is 1. The molecule has 1 aromatic rings. The fourth-order valence-electron chi connectivity index (χ4n) is 1.27. The van der Waals surface area contributed by atoms with Gasteiger partial charge in [0.1, 0.15) is 0 Å². The summed E-state index contributed by atoms with van der Waals surface area (Å²) in [6, 6.07) is 1.99. The molecule has 2 nitrogen and oxygen atoms in total. The van der Waals surface area contributed by atoms with Crippen LogP contribution >= 0.6 is 11.8 Å². The predicted molar refractivity (Wildman–Crippen MR) is 56.7 cm³/mol. The molecule has 0 aliphatic heterocycles. The molecule has 2 rings (SSSR count). The van der Waals surface area contributed by atoms with E-state index in [0.29, 0.717) is 0 Å². The Hall–Kier alpha value is -0.700. The van der Waals surface area contributed by atoms with Gasteiger partial charge in [0.2, 0.25) is 0 Å². The molecule has 1 saturated carbocycles. The highest BCUT2D eigenvalue weighted by molar-refractivity contribution is 7.99. The van der Waals surface area contributed by atoms with E-state index in [2.05, 4.69) is 4.98 Å². The SMILES string of the molecule is Nc1cnccc1SCCC1CC1. The number of hydrogen-bond acceptors (Lipinski definition) is 3. The summed E-state index contributed by atoms with van der Waals surface area (Å²) in [6.45, 7) is 0. The van der Waals surface area contributed by atoms with Gasteiger partial charge in [-0.1, -0.05) is 12.8 Å². The first-order valence-electron chi connectivity index (χ1n) is 4.68. The summed E-state index contributed by atoms with van der Waals surface area (Å²) in [4.78, 5) is 5.14. The minimum atomic E-state index is 0.809. The molecule has 2 N–H and O–H groups in total. The van der Waals surface area contributed by atoms with E-state index >= 15 is 0 Å². The van der Waals surface area contributed by atoms with Gasteiger partial charge in [-0.3, -0.25) is 4.98 Å². The third-order valence-corrected chi connectivity index (χ3v) is 3.41. The number of pyridine rings is 1. The van der Waals surface area contributed by atoms with Gasteiger partial charge in [-0.2, -0.15) is 0 Å². The van der Waals surface area contributed by atoms with E-state index in [0.717, 1.165) is 11.6 Å². The van der Waals surface area contributed by atoms with Crippen LogP contribution < -0.4 is 5.73 Å². The van der Waals surface area contributed by atoms with Crippen LogP contribution in [0.1, 0.15) is 19.3 Å². The normalized spacial score (nSPS) is 16.0. The van der Waals surface area contributed by atoms with Crippen LogP contribution in [0, 0.1) is 5.92 Å². The average molecular weight is 194 g/mol. The summed E-state index contributed by atoms with van der Waals surface area (Å²) in [5.41, 5.74) is 6.58. The van der Waals surface area contributed by atoms with Gasteiger partial charge >= 0.3 is 0 Å². The van der Waals surface area contributed by atoms with E-state index in [1.165, 1.54) is 29.9 Å². The number of aromatic nitrogens is 1. The number of nitrogens with zero attached hydrogens (tertiary/aromatic N) is 1. The van der Waals surface area contributed by atoms with Gasteiger partial charge in [0.05, 0.1) is 11.9 Å². The second-order valence-corrected chi connectivity index (χ2v) is 4.63. The Morgan fingerprint density at radius 2 is 2.38 bits per heavy atom. The third-order valence-electron chi connectivity index (χ3n) is 2.29. The largest absolute Gasteiger partial charge is 0.397 e. The molecule has 1 aliphatic rings. The number of nitrogens with two attached hydrogens (primary N) is 1. The van der Waals surface area contributed by atoms with Crippen molar-refractivity contribution < 1.29 is 0 Å². The van der Waals surface area contributed by atoms with Crippen molar-refractivity contribution in [3.05, 3.63) is 18.5 Å². The van der Waals surface area contributed by atoms with Crippen LogP contribution in [-0.4, -0.2) is 10.7 Å². The van der Waals surface area contributed by atoms with Crippen molar-refractivity contribution in [2.75, 3.05) is 11.5 Å². The molecule has 3 heteroatoms. The molecule has 70 valence electrons. The molecule has 1 fully saturated rings. The smallest absolute Gasteiger partial charge is 0.0638 e. The van der Waals surface area contributed by atoms with E-state index in [1.54, 1.807) is 12.4 Å². The van der Waals surface area contributed by atoms with Crippen molar-refractivity contribution in [3.8, 4) is 0 Å². The highest BCUT2D eigenvalue weighted by atomic mass is 32.2. The van der Waals surface area contributed by atoms with Gasteiger partial charge < -0.3 is 5.73 Å². The molecule has 0 saturated heterocycles. The fraction of sp³-hybridized carbons (Fsp3) is 0.500. The molecule has 0 spiro atoms. The first-order valence-corrected chi connectivity index (χ1v) is 5.67. The van der Waals surface area contributed by atoms with Gasteiger partial charge in [0, 0.05) is 11.1 Å². The lowest BCUT2D eigenvalue weighted by Crippen LogP contribution is -1.90. The Morgan fingerprint density at radius 1 is 1.54 bits per heavy atom. The maximum absolute atomic E-state index is 5.77. The monoisotopic (exact) mass is 194 g/mol. The Labute approximate surface area is 82.9 Å². The van der Waals surface area contributed by atoms with Crippen molar-refractivity contribution in [2.24, 2.45) is 5.92 Å². The first kappa shape index (κ1) is 8.88. The Kier molecular flexibility index (Phi) is 2.74. The van der Waals surface area contributed by atoms with Crippen molar-refractivity contribution in [3.63, 3.8) is 0 Å². The van der Waals surface area contributed by atoms with Crippen LogP contribution in [-0.2, 0) is 0 Å². The van der Waals surface area contributed by atoms with Gasteiger partial charge in [0.25, 0.3) is 0 Å². The molecule has 1 heterocycles. The zero-order valence-corrected chi connectivity index (χ0v) is 8.39. The summed E-state index contributed by atoms with van der Waals surface area (Å²) in [5.74, 6) is 2.20. The molecule has 13 heavy (non-hydrogen) atoms. The highest BCUT2D eigenvalue weighted by Gasteiger charge is 2.20. The minimum Gasteiger partial charge on any atom is -0.397 e. The lowest BCUT2D eigenvalue weighted by Gasteiger charge is -2.03. The zero-order chi connectivity index (χ0) is 9.10. The summed E-state index contributed by atoms with van der Waals surface area (Å²) in [5, 5.41) is 0. The van der Waals surface area contributed by atoms with E-state index < -0.39 is 0 Å². The van der Waals surface area contributed by atoms with Crippen LogP contribution in [0.15, 0.2) is 23.4 Å². The summed E-state index contributed by atoms with van der Waals surface area (Å²) >= 11 is 1.85. The lowest BCUT2D eigenvalue weighted by molar-refractivity contribution is 0.809. The van der Waals surface area contributed by atoms with Gasteiger partial charge in [-0.25, -0.2) is 0 Å². The van der Waals surface area contributed by atoms with Crippen molar-refractivity contribution in [2.45, 2.75) is 24.2 Å². The Bertz CT molecular complexity index is 284. The van der Waals surface area contributed by atoms with E-state index in [9.17, 15) is 0 Å². The molecule has 0 radical (unpaired) electrons. The molecule has 0 unspecified atom stereocenters. The number of rotatable bonds is 4. The fourth-order valence-corrected chi connectivity index (χ4v) is 2.31. The van der Waals surface area contributed by atoms with Crippen LogP contribution in [0.4, 0.5) is 5.69 Å². The first-order chi connectivity index (χ1) is 6.36. The number of nitrogen functional groups attached to an aromatic ring is 1. The lowest BCUT2D eigenvalue weighted by atomic mass is 10.3. The van der Waals surface area contributed by atoms with Crippen LogP contribution in [0.5, 0.6) is 0 Å². The maximum Gasteiger partial charge on any atom is 0.0638 e. The van der Waals surface area contributed by atoms with Crippen molar-refractivity contribution in [1.29, 1.82) is 0 Å². The second-order valence-electron chi connectivity index (χ2n) is 3.49. The summed E-state index contributed by atoms with van der Waals surface area (Å²) in [7, 11) is 0. The van der Waals surface area contributed by atoms with E-state index in [-0.39, 0.29) is 0 Å². The topological polar surface area (TPSA) is 38.9 Å². The molecular weight excluding hydrogens is 180 g/mol. The molecule has 0 aromatic carbocycles. The second kappa shape index (κ2) is 4.01. The van der Waals surface area contributed by atoms with Crippen molar-refractivity contribution >= 4 is 17.4 Å². The van der Waals surface area contributed by atoms with E-state index in [1.807, 2.05) is 17.8 Å². The van der Waals surface area contributed by atoms with Crippen molar-refractivity contribution in [1.82, 2.24) is 4.98 Å². The highest BCUT2D eigenvalue weighted by Crippen LogP contribution is 2.35. The molecule has 1 aromatic heterocycles. The quantitative estimate of drug-likeness (QED) is 0.749. The molecule has 0 bridgehead atoms. The number of anilines is 1. The van der Waals surface area contributed by atoms with Gasteiger partial charge in [-0.15, -0.1) is 11.8 Å². The minimum absolute atomic E-state index is 0.809. The summed E-state index contributed by atoms with van der Waals surface area (Å²) < 4.78 is 0. The zero-order valence-electron chi connectivity index (χ0n) is 7.57. The van der Waals surface area contributed by atoms with Gasteiger partial charge in [0.15, 0.2) is 0 Å². The Morgan fingerprint density at radius 3 is 3.08 bits per heavy atom. The number of thioether (sulfide) groups is 1. The van der Waals surface area contributed by atoms with Crippen LogP contribution in [0.2, 0.25) is 0 Å². The van der Waals surface area contributed by atoms with Crippen LogP contribution in [0.3, 0.4) is 0 Å². The molecular formula is C10H14N2S. The molecule has 0 atom stereocenters. The third kappa shape index (κ3) is 2.62. The molecule has 0 amide bonds. The summed E-state index contributed by atoms with van der Waals surface area (Å²) in [6.07, 6.45) is 7.74. The molecule has 1 aliphatic carbocycles. The van der Waals surface area contributed by atoms with Crippen LogP contribution in [0.25, 0.3) is 0 Å². The van der Waals surface area contributed by atoms with E-state index in [4.69, 9.17) is 5.73 Å². The maximum atomic E-state index is 5.77.